The number of carbonyl (C=O) groups is 2. The molecule has 0 aliphatic carbocycles. The van der Waals surface area contributed by atoms with E-state index in [1.165, 1.54) is 4.90 Å². The lowest BCUT2D eigenvalue weighted by atomic mass is 10.2. The molecule has 0 aromatic carbocycles. The van der Waals surface area contributed by atoms with E-state index in [4.69, 9.17) is 0 Å². The first-order valence-electron chi connectivity index (χ1n) is 5.18. The Labute approximate surface area is 99.5 Å². The van der Waals surface area contributed by atoms with Gasteiger partial charge in [0.2, 0.25) is 11.8 Å². The molecule has 2 amide bonds. The number of likely N-dealkylation sites (N-methyl/N-ethyl adjacent to an activating group) is 2. The number of hydrogen-bond acceptors (Lipinski definition) is 2. The van der Waals surface area contributed by atoms with E-state index in [2.05, 4.69) is 21.2 Å². The molecule has 0 aromatic heterocycles. The van der Waals surface area contributed by atoms with Gasteiger partial charge in [0.05, 0.1) is 6.54 Å². The number of carbonyl (C=O) groups excluding carboxylic acids is 2. The second kappa shape index (κ2) is 8.71. The van der Waals surface area contributed by atoms with Crippen LogP contribution in [0.5, 0.6) is 0 Å². The first-order valence-corrected chi connectivity index (χ1v) is 6.30. The zero-order valence-corrected chi connectivity index (χ0v) is 11.0. The van der Waals surface area contributed by atoms with E-state index in [9.17, 15) is 9.59 Å². The van der Waals surface area contributed by atoms with Gasteiger partial charge in [-0.3, -0.25) is 9.59 Å². The summed E-state index contributed by atoms with van der Waals surface area (Å²) in [6.07, 6.45) is 2.37. The van der Waals surface area contributed by atoms with Crippen molar-refractivity contribution in [3.63, 3.8) is 0 Å². The molecule has 4 nitrogen and oxygen atoms in total. The summed E-state index contributed by atoms with van der Waals surface area (Å²) in [5, 5.41) is 3.58. The highest BCUT2D eigenvalue weighted by molar-refractivity contribution is 9.09. The van der Waals surface area contributed by atoms with Crippen molar-refractivity contribution in [1.29, 1.82) is 0 Å². The van der Waals surface area contributed by atoms with Gasteiger partial charge in [0.15, 0.2) is 0 Å². The zero-order valence-electron chi connectivity index (χ0n) is 9.38. The van der Waals surface area contributed by atoms with Crippen LogP contribution in [0.1, 0.15) is 26.2 Å². The lowest BCUT2D eigenvalue weighted by molar-refractivity contribution is -0.134. The summed E-state index contributed by atoms with van der Waals surface area (Å²) in [6.45, 7) is 2.61. The lowest BCUT2D eigenvalue weighted by Gasteiger charge is -2.16. The van der Waals surface area contributed by atoms with E-state index < -0.39 is 0 Å². The van der Waals surface area contributed by atoms with Crippen LogP contribution in [0.2, 0.25) is 0 Å². The zero-order chi connectivity index (χ0) is 11.7. The minimum absolute atomic E-state index is 0.0298. The molecule has 0 fully saturated rings. The number of alkyl halides is 1. The largest absolute Gasteiger partial charge is 0.355 e. The van der Waals surface area contributed by atoms with Gasteiger partial charge in [0.25, 0.3) is 0 Å². The maximum atomic E-state index is 11.5. The van der Waals surface area contributed by atoms with Gasteiger partial charge < -0.3 is 10.2 Å². The molecule has 0 atom stereocenters. The number of unbranched alkanes of at least 4 members (excludes halogenated alkanes) is 1. The number of nitrogens with one attached hydrogen (secondary N) is 1. The summed E-state index contributed by atoms with van der Waals surface area (Å²) in [4.78, 5) is 24.1. The van der Waals surface area contributed by atoms with E-state index in [1.807, 2.05) is 6.92 Å². The van der Waals surface area contributed by atoms with Gasteiger partial charge in [-0.15, -0.1) is 0 Å². The first-order chi connectivity index (χ1) is 7.11. The quantitative estimate of drug-likeness (QED) is 0.561. The van der Waals surface area contributed by atoms with Crippen molar-refractivity contribution in [1.82, 2.24) is 10.2 Å². The number of rotatable bonds is 7. The van der Waals surface area contributed by atoms with Crippen LogP contribution in [-0.4, -0.2) is 42.2 Å². The fourth-order valence-electron chi connectivity index (χ4n) is 1.12. The monoisotopic (exact) mass is 278 g/mol. The molecule has 0 rings (SSSR count). The molecule has 1 N–H and O–H groups in total. The molecule has 88 valence electrons. The number of hydrogen-bond donors (Lipinski definition) is 1. The average molecular weight is 279 g/mol. The molecule has 0 spiro atoms. The molecule has 0 radical (unpaired) electrons. The second-order valence-corrected chi connectivity index (χ2v) is 4.14. The van der Waals surface area contributed by atoms with Crippen molar-refractivity contribution in [2.45, 2.75) is 26.2 Å². The SMILES string of the molecule is CCNC(=O)CN(C)C(=O)CCCCBr. The molecular weight excluding hydrogens is 260 g/mol. The number of amides is 2. The van der Waals surface area contributed by atoms with Crippen LogP contribution in [0.3, 0.4) is 0 Å². The Hall–Kier alpha value is -0.580. The van der Waals surface area contributed by atoms with E-state index in [0.29, 0.717) is 13.0 Å². The third-order valence-corrected chi connectivity index (χ3v) is 2.52. The predicted molar refractivity (Wildman–Crippen MR) is 64.0 cm³/mol. The summed E-state index contributed by atoms with van der Waals surface area (Å²) in [6, 6.07) is 0. The van der Waals surface area contributed by atoms with Gasteiger partial charge in [0.1, 0.15) is 0 Å². The van der Waals surface area contributed by atoms with Gasteiger partial charge in [-0.1, -0.05) is 15.9 Å². The van der Waals surface area contributed by atoms with Gasteiger partial charge >= 0.3 is 0 Å². The van der Waals surface area contributed by atoms with Crippen LogP contribution >= 0.6 is 15.9 Å². The fourth-order valence-corrected chi connectivity index (χ4v) is 1.51. The molecule has 0 aliphatic rings. The van der Waals surface area contributed by atoms with Crippen molar-refractivity contribution in [2.75, 3.05) is 25.5 Å². The molecule has 0 heterocycles. The van der Waals surface area contributed by atoms with Crippen molar-refractivity contribution in [2.24, 2.45) is 0 Å². The van der Waals surface area contributed by atoms with Crippen molar-refractivity contribution >= 4 is 27.7 Å². The predicted octanol–water partition coefficient (Wildman–Crippen LogP) is 1.15. The highest BCUT2D eigenvalue weighted by Crippen LogP contribution is 2.01. The van der Waals surface area contributed by atoms with Gasteiger partial charge in [0, 0.05) is 25.3 Å². The first kappa shape index (κ1) is 14.4. The highest BCUT2D eigenvalue weighted by Gasteiger charge is 2.11. The Morgan fingerprint density at radius 2 is 2.00 bits per heavy atom. The Balaban J connectivity index is 3.73. The van der Waals surface area contributed by atoms with Crippen LogP contribution < -0.4 is 5.32 Å². The topological polar surface area (TPSA) is 49.4 Å². The molecule has 0 unspecified atom stereocenters. The van der Waals surface area contributed by atoms with Crippen molar-refractivity contribution in [3.8, 4) is 0 Å². The van der Waals surface area contributed by atoms with Crippen LogP contribution in [0.25, 0.3) is 0 Å². The van der Waals surface area contributed by atoms with E-state index >= 15 is 0 Å². The Morgan fingerprint density at radius 1 is 1.33 bits per heavy atom. The Kier molecular flexibility index (Phi) is 8.37. The molecular formula is C10H19BrN2O2. The Morgan fingerprint density at radius 3 is 2.53 bits per heavy atom. The van der Waals surface area contributed by atoms with Crippen LogP contribution in [0.15, 0.2) is 0 Å². The molecule has 0 aromatic rings. The van der Waals surface area contributed by atoms with Crippen molar-refractivity contribution < 1.29 is 9.59 Å². The van der Waals surface area contributed by atoms with E-state index in [1.54, 1.807) is 7.05 Å². The maximum Gasteiger partial charge on any atom is 0.239 e. The summed E-state index contributed by atoms with van der Waals surface area (Å²) < 4.78 is 0. The normalized spacial score (nSPS) is 9.80. The summed E-state index contributed by atoms with van der Waals surface area (Å²) in [5.74, 6) is -0.0731. The number of halogens is 1. The lowest BCUT2D eigenvalue weighted by Crippen LogP contribution is -2.38. The standard InChI is InChI=1S/C10H19BrN2O2/c1-3-12-9(14)8-13(2)10(15)6-4-5-7-11/h3-8H2,1-2H3,(H,12,14). The highest BCUT2D eigenvalue weighted by atomic mass is 79.9. The number of nitrogens with zero attached hydrogens (tertiary/aromatic N) is 1. The van der Waals surface area contributed by atoms with Crippen molar-refractivity contribution in [3.05, 3.63) is 0 Å². The molecule has 0 aliphatic heterocycles. The third kappa shape index (κ3) is 7.36. The van der Waals surface area contributed by atoms with E-state index in [-0.39, 0.29) is 18.4 Å². The summed E-state index contributed by atoms with van der Waals surface area (Å²) in [5.41, 5.74) is 0. The smallest absolute Gasteiger partial charge is 0.239 e. The molecule has 0 saturated heterocycles. The summed E-state index contributed by atoms with van der Waals surface area (Å²) >= 11 is 3.31. The summed E-state index contributed by atoms with van der Waals surface area (Å²) in [7, 11) is 1.66. The minimum atomic E-state index is -0.103. The van der Waals surface area contributed by atoms with Gasteiger partial charge in [-0.25, -0.2) is 0 Å². The fraction of sp³-hybridized carbons (Fsp3) is 0.800. The molecule has 5 heteroatoms. The van der Waals surface area contributed by atoms with Crippen LogP contribution in [0, 0.1) is 0 Å². The van der Waals surface area contributed by atoms with E-state index in [0.717, 1.165) is 18.2 Å². The molecule has 0 saturated carbocycles. The van der Waals surface area contributed by atoms with Crippen LogP contribution in [-0.2, 0) is 9.59 Å². The van der Waals surface area contributed by atoms with Gasteiger partial charge in [-0.2, -0.15) is 0 Å². The maximum absolute atomic E-state index is 11.5. The van der Waals surface area contributed by atoms with Crippen LogP contribution in [0.4, 0.5) is 0 Å². The Bertz CT molecular complexity index is 210. The second-order valence-electron chi connectivity index (χ2n) is 3.35. The minimum Gasteiger partial charge on any atom is -0.355 e. The molecule has 15 heavy (non-hydrogen) atoms. The molecule has 0 bridgehead atoms. The third-order valence-electron chi connectivity index (χ3n) is 1.95. The average Bonchev–Trinajstić information content (AvgIpc) is 2.18. The van der Waals surface area contributed by atoms with Gasteiger partial charge in [-0.05, 0) is 19.8 Å².